The summed E-state index contributed by atoms with van der Waals surface area (Å²) in [5, 5.41) is 0. The fourth-order valence-electron chi connectivity index (χ4n) is 1.25. The Balaban J connectivity index is 2.94. The lowest BCUT2D eigenvalue weighted by Gasteiger charge is -2.30. The molecule has 1 rings (SSSR count). The molecule has 0 fully saturated rings. The van der Waals surface area contributed by atoms with Gasteiger partial charge in [0.2, 0.25) is 5.91 Å². The van der Waals surface area contributed by atoms with E-state index in [1.54, 1.807) is 25.3 Å². The lowest BCUT2D eigenvalue weighted by atomic mass is 9.82. The number of hydrogen-bond acceptors (Lipinski definition) is 3. The maximum atomic E-state index is 11.1. The van der Waals surface area contributed by atoms with Gasteiger partial charge in [-0.25, -0.2) is 0 Å². The number of carbonyl (C=O) groups is 1. The number of ether oxygens (including phenoxy) is 1. The molecule has 0 bridgehead atoms. The third-order valence-electron chi connectivity index (χ3n) is 2.35. The highest BCUT2D eigenvalue weighted by molar-refractivity contribution is 5.88. The van der Waals surface area contributed by atoms with Crippen molar-refractivity contribution >= 4 is 5.91 Å². The molecule has 0 saturated heterocycles. The first-order chi connectivity index (χ1) is 6.00. The highest BCUT2D eigenvalue weighted by Gasteiger charge is 2.36. The van der Waals surface area contributed by atoms with Crippen LogP contribution in [0.2, 0.25) is 0 Å². The fraction of sp³-hybridized carbons (Fsp3) is 0.444. The Hall–Kier alpha value is -1.29. The molecule has 2 atom stereocenters. The van der Waals surface area contributed by atoms with Crippen LogP contribution < -0.4 is 11.5 Å². The number of hydrogen-bond donors (Lipinski definition) is 2. The zero-order valence-electron chi connectivity index (χ0n) is 7.78. The van der Waals surface area contributed by atoms with E-state index in [0.29, 0.717) is 5.76 Å². The molecule has 72 valence electrons. The van der Waals surface area contributed by atoms with Gasteiger partial charge in [-0.15, -0.1) is 0 Å². The number of allylic oxidation sites excluding steroid dienone is 1. The average Bonchev–Trinajstić information content (AvgIpc) is 2.09. The number of nitrogens with two attached hydrogens (primary N) is 2. The molecule has 0 aliphatic heterocycles. The molecule has 0 radical (unpaired) electrons. The largest absolute Gasteiger partial charge is 0.497 e. The highest BCUT2D eigenvalue weighted by Crippen LogP contribution is 2.24. The van der Waals surface area contributed by atoms with Gasteiger partial charge in [0.15, 0.2) is 0 Å². The van der Waals surface area contributed by atoms with Crippen molar-refractivity contribution in [3.63, 3.8) is 0 Å². The lowest BCUT2D eigenvalue weighted by Crippen LogP contribution is -2.55. The Morgan fingerprint density at radius 2 is 2.31 bits per heavy atom. The molecule has 0 saturated carbocycles. The first-order valence-electron chi connectivity index (χ1n) is 4.04. The zero-order valence-corrected chi connectivity index (χ0v) is 7.78. The van der Waals surface area contributed by atoms with Gasteiger partial charge < -0.3 is 16.2 Å². The molecule has 4 nitrogen and oxygen atoms in total. The maximum absolute atomic E-state index is 11.1. The Bertz CT molecular complexity index is 283. The Morgan fingerprint density at radius 3 is 2.69 bits per heavy atom. The van der Waals surface area contributed by atoms with Gasteiger partial charge in [0.25, 0.3) is 0 Å². The summed E-state index contributed by atoms with van der Waals surface area (Å²) in [7, 11) is 1.57. The molecule has 13 heavy (non-hydrogen) atoms. The van der Waals surface area contributed by atoms with E-state index in [4.69, 9.17) is 16.2 Å². The van der Waals surface area contributed by atoms with E-state index in [1.807, 2.05) is 6.92 Å². The van der Waals surface area contributed by atoms with Crippen molar-refractivity contribution in [2.45, 2.75) is 12.5 Å². The summed E-state index contributed by atoms with van der Waals surface area (Å²) in [6.45, 7) is 1.83. The van der Waals surface area contributed by atoms with Crippen molar-refractivity contribution in [1.82, 2.24) is 0 Å². The predicted octanol–water partition coefficient (Wildman–Crippen LogP) is -0.0946. The second-order valence-corrected chi connectivity index (χ2v) is 3.19. The van der Waals surface area contributed by atoms with Crippen LogP contribution in [0, 0.1) is 5.92 Å². The predicted molar refractivity (Wildman–Crippen MR) is 49.5 cm³/mol. The second-order valence-electron chi connectivity index (χ2n) is 3.19. The Morgan fingerprint density at radius 1 is 1.69 bits per heavy atom. The summed E-state index contributed by atoms with van der Waals surface area (Å²) in [5.41, 5.74) is 9.91. The number of carbonyl (C=O) groups excluding carboxylic acids is 1. The molecule has 1 aliphatic rings. The maximum Gasteiger partial charge on any atom is 0.242 e. The highest BCUT2D eigenvalue weighted by atomic mass is 16.5. The third-order valence-corrected chi connectivity index (χ3v) is 2.35. The monoisotopic (exact) mass is 182 g/mol. The topological polar surface area (TPSA) is 78.3 Å². The van der Waals surface area contributed by atoms with Gasteiger partial charge in [-0.3, -0.25) is 4.79 Å². The number of amides is 1. The molecule has 2 unspecified atom stereocenters. The zero-order chi connectivity index (χ0) is 10.1. The minimum atomic E-state index is -1.08. The lowest BCUT2D eigenvalue weighted by molar-refractivity contribution is -0.122. The standard InChI is InChI=1S/C9H14N2O2/c1-6-5-7(13-2)3-4-9(6,11)8(10)12/h3-6H,11H2,1-2H3,(H2,10,12). The summed E-state index contributed by atoms with van der Waals surface area (Å²) in [6, 6.07) is 0. The van der Waals surface area contributed by atoms with Crippen LogP contribution >= 0.6 is 0 Å². The quantitative estimate of drug-likeness (QED) is 0.626. The minimum Gasteiger partial charge on any atom is -0.497 e. The normalized spacial score (nSPS) is 32.5. The first kappa shape index (κ1) is 9.80. The first-order valence-corrected chi connectivity index (χ1v) is 4.04. The van der Waals surface area contributed by atoms with E-state index in [1.165, 1.54) is 0 Å². The van der Waals surface area contributed by atoms with Gasteiger partial charge >= 0.3 is 0 Å². The third kappa shape index (κ3) is 1.58. The van der Waals surface area contributed by atoms with Gasteiger partial charge in [-0.05, 0) is 12.2 Å². The smallest absolute Gasteiger partial charge is 0.242 e. The van der Waals surface area contributed by atoms with E-state index in [9.17, 15) is 4.79 Å². The SMILES string of the molecule is COC1=CC(C)C(N)(C(N)=O)C=C1. The van der Waals surface area contributed by atoms with Crippen LogP contribution in [0.4, 0.5) is 0 Å². The summed E-state index contributed by atoms with van der Waals surface area (Å²) < 4.78 is 5.00. The van der Waals surface area contributed by atoms with Crippen molar-refractivity contribution in [2.24, 2.45) is 17.4 Å². The van der Waals surface area contributed by atoms with E-state index in [0.717, 1.165) is 0 Å². The molecule has 0 aromatic heterocycles. The summed E-state index contributed by atoms with van der Waals surface area (Å²) in [6.07, 6.45) is 5.02. The molecule has 0 aromatic rings. The van der Waals surface area contributed by atoms with Crippen LogP contribution in [-0.2, 0) is 9.53 Å². The molecular weight excluding hydrogens is 168 g/mol. The van der Waals surface area contributed by atoms with Crippen LogP contribution in [0.15, 0.2) is 24.0 Å². The average molecular weight is 182 g/mol. The van der Waals surface area contributed by atoms with Crippen molar-refractivity contribution in [1.29, 1.82) is 0 Å². The van der Waals surface area contributed by atoms with Gasteiger partial charge in [-0.2, -0.15) is 0 Å². The molecule has 4 heteroatoms. The molecule has 4 N–H and O–H groups in total. The number of primary amides is 1. The van der Waals surface area contributed by atoms with Gasteiger partial charge in [0, 0.05) is 5.92 Å². The van der Waals surface area contributed by atoms with Crippen molar-refractivity contribution in [2.75, 3.05) is 7.11 Å². The second kappa shape index (κ2) is 3.22. The van der Waals surface area contributed by atoms with E-state index in [2.05, 4.69) is 0 Å². The van der Waals surface area contributed by atoms with Crippen LogP contribution in [0.25, 0.3) is 0 Å². The van der Waals surface area contributed by atoms with Crippen LogP contribution in [-0.4, -0.2) is 18.6 Å². The number of rotatable bonds is 2. The minimum absolute atomic E-state index is 0.148. The summed E-state index contributed by atoms with van der Waals surface area (Å²) in [4.78, 5) is 11.1. The van der Waals surface area contributed by atoms with E-state index < -0.39 is 11.4 Å². The summed E-state index contributed by atoms with van der Waals surface area (Å²) >= 11 is 0. The van der Waals surface area contributed by atoms with E-state index >= 15 is 0 Å². The van der Waals surface area contributed by atoms with Gasteiger partial charge in [0.05, 0.1) is 7.11 Å². The van der Waals surface area contributed by atoms with Crippen LogP contribution in [0.1, 0.15) is 6.92 Å². The molecular formula is C9H14N2O2. The summed E-state index contributed by atoms with van der Waals surface area (Å²) in [5.74, 6) is 0.0300. The molecule has 0 heterocycles. The fourth-order valence-corrected chi connectivity index (χ4v) is 1.25. The van der Waals surface area contributed by atoms with Gasteiger partial charge in [-0.1, -0.05) is 13.0 Å². The molecule has 1 aliphatic carbocycles. The van der Waals surface area contributed by atoms with Gasteiger partial charge in [0.1, 0.15) is 11.3 Å². The van der Waals surface area contributed by atoms with Crippen LogP contribution in [0.5, 0.6) is 0 Å². The molecule has 0 spiro atoms. The van der Waals surface area contributed by atoms with E-state index in [-0.39, 0.29) is 5.92 Å². The molecule has 0 aromatic carbocycles. The Labute approximate surface area is 77.2 Å². The van der Waals surface area contributed by atoms with Crippen LogP contribution in [0.3, 0.4) is 0 Å². The van der Waals surface area contributed by atoms with Crippen molar-refractivity contribution in [3.8, 4) is 0 Å². The molecule has 1 amide bonds. The van der Waals surface area contributed by atoms with Crippen molar-refractivity contribution < 1.29 is 9.53 Å². The van der Waals surface area contributed by atoms with Crippen molar-refractivity contribution in [3.05, 3.63) is 24.0 Å². The Kier molecular flexibility index (Phi) is 2.43. The number of methoxy groups -OCH3 is 1.